The van der Waals surface area contributed by atoms with E-state index in [1.165, 1.54) is 16.2 Å². The van der Waals surface area contributed by atoms with E-state index in [4.69, 9.17) is 0 Å². The zero-order chi connectivity index (χ0) is 13.1. The molecule has 0 aromatic heterocycles. The van der Waals surface area contributed by atoms with Crippen molar-refractivity contribution in [3.05, 3.63) is 29.3 Å². The third kappa shape index (κ3) is 5.76. The maximum atomic E-state index is 9.29. The Labute approximate surface area is 101 Å². The summed E-state index contributed by atoms with van der Waals surface area (Å²) in [5, 5.41) is 10.5. The van der Waals surface area contributed by atoms with Crippen molar-refractivity contribution in [2.45, 2.75) is 48.0 Å². The Morgan fingerprint density at radius 3 is 2.00 bits per heavy atom. The zero-order valence-electron chi connectivity index (χ0n) is 11.8. The van der Waals surface area contributed by atoms with Gasteiger partial charge in [0, 0.05) is 7.05 Å². The van der Waals surface area contributed by atoms with Crippen LogP contribution in [-0.4, -0.2) is 12.3 Å². The van der Waals surface area contributed by atoms with Crippen LogP contribution in [0.5, 0.6) is 0 Å². The topological polar surface area (TPSA) is 23.5 Å². The lowest BCUT2D eigenvalue weighted by Gasteiger charge is -2.15. The fourth-order valence-electron chi connectivity index (χ4n) is 1.27. The van der Waals surface area contributed by atoms with Crippen LogP contribution in [0, 0.1) is 6.92 Å². The van der Waals surface area contributed by atoms with Gasteiger partial charge in [-0.3, -0.25) is 10.3 Å². The second-order valence-electron chi connectivity index (χ2n) is 3.01. The third-order valence-corrected chi connectivity index (χ3v) is 1.97. The molecule has 1 N–H and O–H groups in total. The highest BCUT2D eigenvalue weighted by atomic mass is 16.5. The van der Waals surface area contributed by atoms with Gasteiger partial charge in [-0.2, -0.15) is 0 Å². The summed E-state index contributed by atoms with van der Waals surface area (Å²) in [6.45, 7) is 12.1. The molecule has 0 aliphatic carbocycles. The van der Waals surface area contributed by atoms with Gasteiger partial charge in [-0.05, 0) is 30.5 Å². The number of benzene rings is 1. The van der Waals surface area contributed by atoms with Crippen LogP contribution in [0.25, 0.3) is 0 Å². The molecule has 0 bridgehead atoms. The molecule has 0 heterocycles. The van der Waals surface area contributed by atoms with Crippen molar-refractivity contribution in [1.29, 1.82) is 0 Å². The van der Waals surface area contributed by atoms with E-state index in [1.54, 1.807) is 7.05 Å². The van der Waals surface area contributed by atoms with Gasteiger partial charge in [-0.25, -0.2) is 0 Å². The molecule has 1 aromatic rings. The van der Waals surface area contributed by atoms with Gasteiger partial charge in [0.2, 0.25) is 0 Å². The highest BCUT2D eigenvalue weighted by Crippen LogP contribution is 2.20. The zero-order valence-corrected chi connectivity index (χ0v) is 11.8. The van der Waals surface area contributed by atoms with Gasteiger partial charge >= 0.3 is 0 Å². The van der Waals surface area contributed by atoms with Crippen LogP contribution < -0.4 is 5.06 Å². The first kappa shape index (κ1) is 17.4. The summed E-state index contributed by atoms with van der Waals surface area (Å²) in [5.74, 6) is 0. The van der Waals surface area contributed by atoms with Gasteiger partial charge in [-0.1, -0.05) is 46.8 Å². The average Bonchev–Trinajstić information content (AvgIpc) is 2.34. The van der Waals surface area contributed by atoms with Crippen LogP contribution in [0.2, 0.25) is 0 Å². The van der Waals surface area contributed by atoms with Gasteiger partial charge in [0.25, 0.3) is 0 Å². The van der Waals surface area contributed by atoms with E-state index in [9.17, 15) is 5.21 Å². The molecule has 0 spiro atoms. The summed E-state index contributed by atoms with van der Waals surface area (Å²) in [4.78, 5) is 0. The second kappa shape index (κ2) is 10.5. The van der Waals surface area contributed by atoms with Crippen LogP contribution in [0.1, 0.15) is 45.7 Å². The maximum Gasteiger partial charge on any atom is 0.0665 e. The Kier molecular flexibility index (Phi) is 11.4. The molecule has 0 saturated heterocycles. The molecule has 0 aliphatic heterocycles. The third-order valence-electron chi connectivity index (χ3n) is 1.97. The van der Waals surface area contributed by atoms with Gasteiger partial charge in [0.15, 0.2) is 0 Å². The monoisotopic (exact) mass is 225 g/mol. The lowest BCUT2D eigenvalue weighted by atomic mass is 10.1. The number of hydroxylamine groups is 1. The maximum absolute atomic E-state index is 9.29. The predicted molar refractivity (Wildman–Crippen MR) is 73.4 cm³/mol. The SMILES string of the molecule is CC.CC.CCc1ccc(C)cc1N(C)O. The van der Waals surface area contributed by atoms with Crippen molar-refractivity contribution >= 4 is 5.69 Å². The largest absolute Gasteiger partial charge is 0.289 e. The average molecular weight is 225 g/mol. The van der Waals surface area contributed by atoms with E-state index in [-0.39, 0.29) is 0 Å². The number of hydrogen-bond acceptors (Lipinski definition) is 2. The molecule has 0 radical (unpaired) electrons. The quantitative estimate of drug-likeness (QED) is 0.752. The fraction of sp³-hybridized carbons (Fsp3) is 0.571. The first-order chi connectivity index (χ1) is 7.65. The predicted octanol–water partition coefficient (Wildman–Crippen LogP) is 4.44. The van der Waals surface area contributed by atoms with E-state index in [0.717, 1.165) is 12.1 Å². The molecule has 2 nitrogen and oxygen atoms in total. The second-order valence-corrected chi connectivity index (χ2v) is 3.01. The van der Waals surface area contributed by atoms with Crippen molar-refractivity contribution in [1.82, 2.24) is 0 Å². The van der Waals surface area contributed by atoms with E-state index >= 15 is 0 Å². The van der Waals surface area contributed by atoms with Crippen LogP contribution >= 0.6 is 0 Å². The van der Waals surface area contributed by atoms with Crippen LogP contribution in [0.15, 0.2) is 18.2 Å². The minimum absolute atomic E-state index is 0.900. The molecule has 0 fully saturated rings. The van der Waals surface area contributed by atoms with Gasteiger partial charge in [0.05, 0.1) is 5.69 Å². The Morgan fingerprint density at radius 2 is 1.62 bits per heavy atom. The standard InChI is InChI=1S/C10H15NO.2C2H6/c1-4-9-6-5-8(2)7-10(9)11(3)12;2*1-2/h5-7,12H,4H2,1-3H3;2*1-2H3. The lowest BCUT2D eigenvalue weighted by Crippen LogP contribution is -2.12. The molecule has 1 rings (SSSR count). The highest BCUT2D eigenvalue weighted by Gasteiger charge is 2.03. The summed E-state index contributed by atoms with van der Waals surface area (Å²) in [6.07, 6.45) is 0.945. The molecule has 94 valence electrons. The highest BCUT2D eigenvalue weighted by molar-refractivity contribution is 5.52. The summed E-state index contributed by atoms with van der Waals surface area (Å²) < 4.78 is 0. The minimum Gasteiger partial charge on any atom is -0.289 e. The summed E-state index contributed by atoms with van der Waals surface area (Å²) in [5.41, 5.74) is 3.24. The summed E-state index contributed by atoms with van der Waals surface area (Å²) in [7, 11) is 1.65. The molecular weight excluding hydrogens is 198 g/mol. The van der Waals surface area contributed by atoms with Crippen molar-refractivity contribution in [3.8, 4) is 0 Å². The van der Waals surface area contributed by atoms with Gasteiger partial charge in [-0.15, -0.1) is 0 Å². The van der Waals surface area contributed by atoms with E-state index in [1.807, 2.05) is 40.7 Å². The number of hydrogen-bond donors (Lipinski definition) is 1. The van der Waals surface area contributed by atoms with Gasteiger partial charge in [0.1, 0.15) is 0 Å². The number of nitrogens with zero attached hydrogens (tertiary/aromatic N) is 1. The minimum atomic E-state index is 0.900. The van der Waals surface area contributed by atoms with E-state index in [2.05, 4.69) is 19.1 Å². The summed E-state index contributed by atoms with van der Waals surface area (Å²) >= 11 is 0. The Balaban J connectivity index is 0. The molecule has 0 unspecified atom stereocenters. The first-order valence-electron chi connectivity index (χ1n) is 6.17. The van der Waals surface area contributed by atoms with Crippen molar-refractivity contribution in [2.75, 3.05) is 12.1 Å². The molecule has 0 amide bonds. The van der Waals surface area contributed by atoms with Crippen molar-refractivity contribution < 1.29 is 5.21 Å². The number of aryl methyl sites for hydroxylation is 2. The molecule has 2 heteroatoms. The number of anilines is 1. The Hall–Kier alpha value is -1.02. The number of rotatable bonds is 2. The van der Waals surface area contributed by atoms with Crippen LogP contribution in [0.3, 0.4) is 0 Å². The molecule has 1 aromatic carbocycles. The first-order valence-corrected chi connectivity index (χ1v) is 6.17. The van der Waals surface area contributed by atoms with Crippen LogP contribution in [-0.2, 0) is 6.42 Å². The fourth-order valence-corrected chi connectivity index (χ4v) is 1.27. The molecular formula is C14H27NO. The van der Waals surface area contributed by atoms with E-state index < -0.39 is 0 Å². The summed E-state index contributed by atoms with van der Waals surface area (Å²) in [6, 6.07) is 6.10. The molecule has 0 saturated carbocycles. The molecule has 0 aliphatic rings. The van der Waals surface area contributed by atoms with Crippen molar-refractivity contribution in [3.63, 3.8) is 0 Å². The van der Waals surface area contributed by atoms with Gasteiger partial charge < -0.3 is 0 Å². The smallest absolute Gasteiger partial charge is 0.0665 e. The Bertz CT molecular complexity index is 269. The van der Waals surface area contributed by atoms with Crippen LogP contribution in [0.4, 0.5) is 5.69 Å². The molecule has 0 atom stereocenters. The Morgan fingerprint density at radius 1 is 1.12 bits per heavy atom. The van der Waals surface area contributed by atoms with Crippen molar-refractivity contribution in [2.24, 2.45) is 0 Å². The lowest BCUT2D eigenvalue weighted by molar-refractivity contribution is 0.278. The molecule has 16 heavy (non-hydrogen) atoms. The van der Waals surface area contributed by atoms with E-state index in [0.29, 0.717) is 0 Å². The normalized spacial score (nSPS) is 8.25.